The van der Waals surface area contributed by atoms with E-state index in [9.17, 15) is 0 Å². The van der Waals surface area contributed by atoms with Crippen LogP contribution in [0.25, 0.3) is 11.4 Å². The molecule has 3 rings (SSSR count). The number of hydrogen-bond acceptors (Lipinski definition) is 5. The molecule has 106 valence electrons. The van der Waals surface area contributed by atoms with Crippen LogP contribution >= 0.6 is 0 Å². The topological polar surface area (TPSA) is 60.2 Å². The van der Waals surface area contributed by atoms with Gasteiger partial charge in [0.05, 0.1) is 6.61 Å². The number of nitrogens with one attached hydrogen (secondary N) is 1. The lowest BCUT2D eigenvalue weighted by Crippen LogP contribution is -2.23. The fraction of sp³-hybridized carbons (Fsp3) is 0.467. The molecule has 1 N–H and O–H groups in total. The summed E-state index contributed by atoms with van der Waals surface area (Å²) in [4.78, 5) is 4.47. The van der Waals surface area contributed by atoms with Gasteiger partial charge >= 0.3 is 0 Å². The highest BCUT2D eigenvalue weighted by atomic mass is 16.5. The van der Waals surface area contributed by atoms with Crippen LogP contribution in [0.15, 0.2) is 28.8 Å². The van der Waals surface area contributed by atoms with Gasteiger partial charge in [-0.15, -0.1) is 0 Å². The summed E-state index contributed by atoms with van der Waals surface area (Å²) >= 11 is 0. The van der Waals surface area contributed by atoms with Gasteiger partial charge in [-0.3, -0.25) is 0 Å². The van der Waals surface area contributed by atoms with E-state index in [0.29, 0.717) is 24.4 Å². The third-order valence-corrected chi connectivity index (χ3v) is 3.45. The van der Waals surface area contributed by atoms with Crippen molar-refractivity contribution in [1.82, 2.24) is 15.5 Å². The highest BCUT2D eigenvalue weighted by Crippen LogP contribution is 2.22. The number of hydrogen-bond donors (Lipinski definition) is 1. The van der Waals surface area contributed by atoms with Gasteiger partial charge in [-0.2, -0.15) is 4.98 Å². The van der Waals surface area contributed by atoms with Gasteiger partial charge in [-0.1, -0.05) is 17.3 Å². The summed E-state index contributed by atoms with van der Waals surface area (Å²) in [6.45, 7) is 3.70. The van der Waals surface area contributed by atoms with Crippen molar-refractivity contribution in [1.29, 1.82) is 0 Å². The van der Waals surface area contributed by atoms with E-state index in [4.69, 9.17) is 9.26 Å². The molecule has 0 spiro atoms. The van der Waals surface area contributed by atoms with E-state index in [-0.39, 0.29) is 0 Å². The third-order valence-electron chi connectivity index (χ3n) is 3.45. The summed E-state index contributed by atoms with van der Waals surface area (Å²) < 4.78 is 10.8. The van der Waals surface area contributed by atoms with Gasteiger partial charge in [0.2, 0.25) is 11.7 Å². The maximum atomic E-state index is 5.49. The maximum Gasteiger partial charge on any atom is 0.228 e. The van der Waals surface area contributed by atoms with E-state index >= 15 is 0 Å². The van der Waals surface area contributed by atoms with E-state index in [1.54, 1.807) is 0 Å². The molecule has 5 heteroatoms. The number of nitrogens with zero attached hydrogens (tertiary/aromatic N) is 2. The third kappa shape index (κ3) is 2.99. The zero-order chi connectivity index (χ0) is 13.8. The molecule has 1 atom stereocenters. The second-order valence-corrected chi connectivity index (χ2v) is 4.97. The predicted octanol–water partition coefficient (Wildman–Crippen LogP) is 2.43. The lowest BCUT2D eigenvalue weighted by Gasteiger charge is -2.04. The maximum absolute atomic E-state index is 5.49. The van der Waals surface area contributed by atoms with Crippen molar-refractivity contribution in [3.05, 3.63) is 30.2 Å². The minimum Gasteiger partial charge on any atom is -0.494 e. The minimum absolute atomic E-state index is 0.470. The Bertz CT molecular complexity index is 562. The number of rotatable bonds is 5. The smallest absolute Gasteiger partial charge is 0.228 e. The molecule has 1 aromatic heterocycles. The fourth-order valence-electron chi connectivity index (χ4n) is 2.49. The lowest BCUT2D eigenvalue weighted by atomic mass is 10.1. The van der Waals surface area contributed by atoms with Crippen LogP contribution in [0.5, 0.6) is 5.75 Å². The van der Waals surface area contributed by atoms with E-state index < -0.39 is 0 Å². The molecule has 0 saturated carbocycles. The van der Waals surface area contributed by atoms with Crippen molar-refractivity contribution < 1.29 is 9.26 Å². The molecule has 0 amide bonds. The lowest BCUT2D eigenvalue weighted by molar-refractivity contribution is 0.340. The molecular formula is C15H19N3O2. The molecule has 1 aliphatic rings. The summed E-state index contributed by atoms with van der Waals surface area (Å²) in [5, 5.41) is 7.49. The van der Waals surface area contributed by atoms with Crippen LogP contribution in [-0.2, 0) is 6.42 Å². The Balaban J connectivity index is 1.73. The molecule has 1 fully saturated rings. The average Bonchev–Trinajstić information content (AvgIpc) is 3.12. The molecular weight excluding hydrogens is 254 g/mol. The number of aromatic nitrogens is 2. The first-order chi connectivity index (χ1) is 9.85. The van der Waals surface area contributed by atoms with Crippen molar-refractivity contribution in [2.45, 2.75) is 32.2 Å². The normalized spacial score (nSPS) is 18.4. The molecule has 0 aliphatic carbocycles. The van der Waals surface area contributed by atoms with Crippen LogP contribution in [0, 0.1) is 0 Å². The van der Waals surface area contributed by atoms with Crippen LogP contribution in [0.1, 0.15) is 25.7 Å². The van der Waals surface area contributed by atoms with E-state index in [1.807, 2.05) is 31.2 Å². The van der Waals surface area contributed by atoms with Crippen LogP contribution in [0.4, 0.5) is 0 Å². The summed E-state index contributed by atoms with van der Waals surface area (Å²) in [6.07, 6.45) is 3.21. The molecule has 1 aromatic carbocycles. The first-order valence-corrected chi connectivity index (χ1v) is 7.14. The van der Waals surface area contributed by atoms with E-state index in [2.05, 4.69) is 15.5 Å². The Kier molecular flexibility index (Phi) is 3.97. The molecule has 1 aliphatic heterocycles. The Morgan fingerprint density at radius 2 is 2.40 bits per heavy atom. The molecule has 0 bridgehead atoms. The summed E-state index contributed by atoms with van der Waals surface area (Å²) in [5.41, 5.74) is 0.922. The van der Waals surface area contributed by atoms with Crippen molar-refractivity contribution in [2.75, 3.05) is 13.2 Å². The second kappa shape index (κ2) is 6.05. The Morgan fingerprint density at radius 3 is 3.20 bits per heavy atom. The van der Waals surface area contributed by atoms with Crippen LogP contribution in [0.2, 0.25) is 0 Å². The molecule has 1 saturated heterocycles. The Hall–Kier alpha value is -1.88. The minimum atomic E-state index is 0.470. The quantitative estimate of drug-likeness (QED) is 0.906. The number of ether oxygens (including phenoxy) is 1. The van der Waals surface area contributed by atoms with Crippen molar-refractivity contribution in [2.24, 2.45) is 0 Å². The van der Waals surface area contributed by atoms with E-state index in [0.717, 1.165) is 24.3 Å². The molecule has 1 unspecified atom stereocenters. The molecule has 2 aromatic rings. The van der Waals surface area contributed by atoms with Gasteiger partial charge in [0.25, 0.3) is 0 Å². The van der Waals surface area contributed by atoms with Crippen molar-refractivity contribution in [3.8, 4) is 17.1 Å². The van der Waals surface area contributed by atoms with Crippen molar-refractivity contribution in [3.63, 3.8) is 0 Å². The van der Waals surface area contributed by atoms with Crippen molar-refractivity contribution >= 4 is 0 Å². The molecule has 20 heavy (non-hydrogen) atoms. The monoisotopic (exact) mass is 273 g/mol. The zero-order valence-corrected chi connectivity index (χ0v) is 11.6. The first-order valence-electron chi connectivity index (χ1n) is 7.14. The largest absolute Gasteiger partial charge is 0.494 e. The molecule has 0 radical (unpaired) electrons. The number of benzene rings is 1. The second-order valence-electron chi connectivity index (χ2n) is 4.97. The predicted molar refractivity (Wildman–Crippen MR) is 75.6 cm³/mol. The SMILES string of the molecule is CCOc1cccc(-c2noc(CC3CCCN3)n2)c1. The first kappa shape index (κ1) is 13.1. The Morgan fingerprint density at radius 1 is 1.45 bits per heavy atom. The summed E-state index contributed by atoms with van der Waals surface area (Å²) in [5.74, 6) is 2.15. The van der Waals surface area contributed by atoms with Gasteiger partial charge < -0.3 is 14.6 Å². The van der Waals surface area contributed by atoms with Gasteiger partial charge in [0.1, 0.15) is 5.75 Å². The van der Waals surface area contributed by atoms with E-state index in [1.165, 1.54) is 12.8 Å². The standard InChI is InChI=1S/C15H19N3O2/c1-2-19-13-7-3-5-11(9-13)15-17-14(20-18-15)10-12-6-4-8-16-12/h3,5,7,9,12,16H,2,4,6,8,10H2,1H3. The summed E-state index contributed by atoms with van der Waals surface area (Å²) in [7, 11) is 0. The highest BCUT2D eigenvalue weighted by Gasteiger charge is 2.18. The zero-order valence-electron chi connectivity index (χ0n) is 11.6. The Labute approximate surface area is 118 Å². The highest BCUT2D eigenvalue weighted by molar-refractivity contribution is 5.56. The van der Waals surface area contributed by atoms with Gasteiger partial charge in [-0.05, 0) is 38.4 Å². The molecule has 2 heterocycles. The molecule has 5 nitrogen and oxygen atoms in total. The van der Waals surface area contributed by atoms with Crippen LogP contribution < -0.4 is 10.1 Å². The average molecular weight is 273 g/mol. The van der Waals surface area contributed by atoms with Crippen LogP contribution in [-0.4, -0.2) is 29.3 Å². The van der Waals surface area contributed by atoms with Crippen LogP contribution in [0.3, 0.4) is 0 Å². The summed E-state index contributed by atoms with van der Waals surface area (Å²) in [6, 6.07) is 8.24. The van der Waals surface area contributed by atoms with Gasteiger partial charge in [-0.25, -0.2) is 0 Å². The van der Waals surface area contributed by atoms with Gasteiger partial charge in [0.15, 0.2) is 0 Å². The fourth-order valence-corrected chi connectivity index (χ4v) is 2.49. The van der Waals surface area contributed by atoms with Gasteiger partial charge in [0, 0.05) is 18.0 Å².